The topological polar surface area (TPSA) is 75.4 Å². The fraction of sp³-hybridized carbons (Fsp3) is 0.190. The summed E-state index contributed by atoms with van der Waals surface area (Å²) in [5.41, 5.74) is -1.03. The molecule has 0 saturated carbocycles. The minimum atomic E-state index is -1.25. The van der Waals surface area contributed by atoms with Crippen molar-refractivity contribution in [1.29, 1.82) is 0 Å². The van der Waals surface area contributed by atoms with E-state index in [2.05, 4.69) is 10.5 Å². The first-order valence-corrected chi connectivity index (χ1v) is 9.24. The number of halogens is 4. The van der Waals surface area contributed by atoms with Crippen molar-refractivity contribution in [2.24, 2.45) is 0 Å². The third-order valence-corrected chi connectivity index (χ3v) is 5.10. The fourth-order valence-corrected chi connectivity index (χ4v) is 3.42. The lowest BCUT2D eigenvalue weighted by Crippen LogP contribution is -2.57. The Balaban J connectivity index is 1.66. The van der Waals surface area contributed by atoms with Crippen LogP contribution in [-0.2, 0) is 4.79 Å². The summed E-state index contributed by atoms with van der Waals surface area (Å²) >= 11 is 0. The van der Waals surface area contributed by atoms with E-state index in [1.165, 1.54) is 25.1 Å². The number of rotatable bonds is 3. The molecule has 1 aromatic heterocycles. The molecule has 1 saturated heterocycles. The predicted molar refractivity (Wildman–Crippen MR) is 99.6 cm³/mol. The van der Waals surface area contributed by atoms with Crippen LogP contribution in [0.4, 0.5) is 17.6 Å². The van der Waals surface area contributed by atoms with Crippen molar-refractivity contribution in [2.75, 3.05) is 6.54 Å². The number of carbonyl (C=O) groups is 2. The zero-order valence-corrected chi connectivity index (χ0v) is 16.0. The first-order valence-electron chi connectivity index (χ1n) is 9.24. The van der Waals surface area contributed by atoms with Gasteiger partial charge in [-0.2, -0.15) is 4.39 Å². The van der Waals surface area contributed by atoms with Gasteiger partial charge in [0.1, 0.15) is 23.5 Å². The van der Waals surface area contributed by atoms with Gasteiger partial charge in [-0.15, -0.1) is 0 Å². The summed E-state index contributed by atoms with van der Waals surface area (Å²) in [6, 6.07) is 6.26. The maximum Gasteiger partial charge on any atom is 0.279 e. The van der Waals surface area contributed by atoms with E-state index in [1.54, 1.807) is 6.07 Å². The molecule has 4 rings (SSSR count). The predicted octanol–water partition coefficient (Wildman–Crippen LogP) is 3.60. The highest BCUT2D eigenvalue weighted by Crippen LogP contribution is 2.30. The van der Waals surface area contributed by atoms with Crippen LogP contribution < -0.4 is 5.32 Å². The molecule has 2 aromatic carbocycles. The third kappa shape index (κ3) is 3.65. The summed E-state index contributed by atoms with van der Waals surface area (Å²) in [6.07, 6.45) is 0. The van der Waals surface area contributed by atoms with Gasteiger partial charge in [0.2, 0.25) is 23.2 Å². The SMILES string of the molecule is CC1C(=O)NC(c2ccccc2F)CN1C(=O)c1noc(-c2ccc(F)cc2F)c1F. The molecular formula is C21H15F4N3O3. The van der Waals surface area contributed by atoms with Crippen LogP contribution in [0.15, 0.2) is 47.0 Å². The first kappa shape index (κ1) is 20.6. The molecule has 2 amide bonds. The highest BCUT2D eigenvalue weighted by Gasteiger charge is 2.39. The normalized spacial score (nSPS) is 18.7. The second-order valence-corrected chi connectivity index (χ2v) is 7.01. The zero-order chi connectivity index (χ0) is 22.3. The molecule has 2 unspecified atom stereocenters. The van der Waals surface area contributed by atoms with Crippen molar-refractivity contribution in [3.05, 3.63) is 77.0 Å². The van der Waals surface area contributed by atoms with Crippen molar-refractivity contribution in [3.63, 3.8) is 0 Å². The van der Waals surface area contributed by atoms with Crippen LogP contribution in [0.5, 0.6) is 0 Å². The van der Waals surface area contributed by atoms with Gasteiger partial charge in [0, 0.05) is 18.2 Å². The molecule has 0 bridgehead atoms. The second kappa shape index (κ2) is 7.86. The van der Waals surface area contributed by atoms with Gasteiger partial charge in [-0.3, -0.25) is 9.59 Å². The minimum absolute atomic E-state index is 0.154. The van der Waals surface area contributed by atoms with Gasteiger partial charge in [-0.1, -0.05) is 23.4 Å². The van der Waals surface area contributed by atoms with E-state index >= 15 is 0 Å². The maximum atomic E-state index is 14.9. The molecule has 1 fully saturated rings. The molecule has 160 valence electrons. The number of hydrogen-bond donors (Lipinski definition) is 1. The molecule has 10 heteroatoms. The lowest BCUT2D eigenvalue weighted by molar-refractivity contribution is -0.128. The van der Waals surface area contributed by atoms with Gasteiger partial charge in [0.05, 0.1) is 11.6 Å². The van der Waals surface area contributed by atoms with Gasteiger partial charge in [0.15, 0.2) is 0 Å². The number of carbonyl (C=O) groups excluding carboxylic acids is 2. The van der Waals surface area contributed by atoms with E-state index in [0.717, 1.165) is 17.0 Å². The van der Waals surface area contributed by atoms with Gasteiger partial charge < -0.3 is 14.7 Å². The third-order valence-electron chi connectivity index (χ3n) is 5.10. The second-order valence-electron chi connectivity index (χ2n) is 7.01. The lowest BCUT2D eigenvalue weighted by Gasteiger charge is -2.37. The van der Waals surface area contributed by atoms with Crippen LogP contribution >= 0.6 is 0 Å². The van der Waals surface area contributed by atoms with Gasteiger partial charge >= 0.3 is 0 Å². The molecule has 2 heterocycles. The molecule has 1 aliphatic rings. The van der Waals surface area contributed by atoms with Crippen LogP contribution in [0.25, 0.3) is 11.3 Å². The van der Waals surface area contributed by atoms with Crippen molar-refractivity contribution in [2.45, 2.75) is 19.0 Å². The van der Waals surface area contributed by atoms with Gasteiger partial charge in [-0.25, -0.2) is 13.2 Å². The molecular weight excluding hydrogens is 418 g/mol. The van der Waals surface area contributed by atoms with E-state index in [1.807, 2.05) is 0 Å². The number of nitrogens with zero attached hydrogens (tertiary/aromatic N) is 2. The summed E-state index contributed by atoms with van der Waals surface area (Å²) in [7, 11) is 0. The van der Waals surface area contributed by atoms with E-state index < -0.39 is 64.2 Å². The number of nitrogens with one attached hydrogen (secondary N) is 1. The standard InChI is InChI=1S/C21H15F4N3O3/c1-10-20(29)26-16(12-4-2-3-5-14(12)23)9-28(10)21(30)18-17(25)19(31-27-18)13-7-6-11(22)8-15(13)24/h2-8,10,16H,9H2,1H3,(H,26,29). The maximum absolute atomic E-state index is 14.9. The summed E-state index contributed by atoms with van der Waals surface area (Å²) in [4.78, 5) is 26.4. The molecule has 31 heavy (non-hydrogen) atoms. The average molecular weight is 433 g/mol. The molecule has 1 aliphatic heterocycles. The molecule has 0 radical (unpaired) electrons. The number of aromatic nitrogens is 1. The molecule has 0 aliphatic carbocycles. The fourth-order valence-electron chi connectivity index (χ4n) is 3.42. The average Bonchev–Trinajstić information content (AvgIpc) is 3.11. The molecule has 6 nitrogen and oxygen atoms in total. The Morgan fingerprint density at radius 1 is 1.13 bits per heavy atom. The van der Waals surface area contributed by atoms with Crippen LogP contribution in [0, 0.1) is 23.3 Å². The zero-order valence-electron chi connectivity index (χ0n) is 16.0. The summed E-state index contributed by atoms with van der Waals surface area (Å²) in [6.45, 7) is 1.27. The lowest BCUT2D eigenvalue weighted by atomic mass is 10.0. The minimum Gasteiger partial charge on any atom is -0.352 e. The molecule has 2 atom stereocenters. The van der Waals surface area contributed by atoms with Crippen LogP contribution in [0.2, 0.25) is 0 Å². The summed E-state index contributed by atoms with van der Waals surface area (Å²) in [5.74, 6) is -6.03. The number of benzene rings is 2. The van der Waals surface area contributed by atoms with Crippen molar-refractivity contribution >= 4 is 11.8 Å². The first-order chi connectivity index (χ1) is 14.8. The Morgan fingerprint density at radius 2 is 1.87 bits per heavy atom. The van der Waals surface area contributed by atoms with Crippen LogP contribution in [0.3, 0.4) is 0 Å². The van der Waals surface area contributed by atoms with E-state index in [0.29, 0.717) is 6.07 Å². The highest BCUT2D eigenvalue weighted by atomic mass is 19.1. The van der Waals surface area contributed by atoms with Crippen molar-refractivity contribution in [3.8, 4) is 11.3 Å². The number of piperazine rings is 1. The van der Waals surface area contributed by atoms with Crippen molar-refractivity contribution < 1.29 is 31.7 Å². The Labute approximate surface area is 173 Å². The summed E-state index contributed by atoms with van der Waals surface area (Å²) < 4.78 is 61.0. The number of amides is 2. The van der Waals surface area contributed by atoms with E-state index in [9.17, 15) is 27.2 Å². The van der Waals surface area contributed by atoms with E-state index in [-0.39, 0.29) is 12.1 Å². The molecule has 1 N–H and O–H groups in total. The van der Waals surface area contributed by atoms with Crippen molar-refractivity contribution in [1.82, 2.24) is 15.4 Å². The Bertz CT molecular complexity index is 1180. The Hall–Kier alpha value is -3.69. The Morgan fingerprint density at radius 3 is 2.58 bits per heavy atom. The highest BCUT2D eigenvalue weighted by molar-refractivity contribution is 5.97. The largest absolute Gasteiger partial charge is 0.352 e. The van der Waals surface area contributed by atoms with E-state index in [4.69, 9.17) is 4.52 Å². The number of hydrogen-bond acceptors (Lipinski definition) is 4. The Kier molecular flexibility index (Phi) is 5.22. The smallest absolute Gasteiger partial charge is 0.279 e. The summed E-state index contributed by atoms with van der Waals surface area (Å²) in [5, 5.41) is 6.02. The molecule has 0 spiro atoms. The monoisotopic (exact) mass is 433 g/mol. The molecule has 3 aromatic rings. The van der Waals surface area contributed by atoms with Crippen LogP contribution in [-0.4, -0.2) is 34.5 Å². The van der Waals surface area contributed by atoms with Gasteiger partial charge in [-0.05, 0) is 25.1 Å². The van der Waals surface area contributed by atoms with Crippen LogP contribution in [0.1, 0.15) is 29.0 Å². The quantitative estimate of drug-likeness (QED) is 0.641. The van der Waals surface area contributed by atoms with Gasteiger partial charge in [0.25, 0.3) is 5.91 Å².